The Hall–Kier alpha value is -1.40. The number of carbonyl (C=O) groups is 1. The second-order valence-corrected chi connectivity index (χ2v) is 5.15. The predicted molar refractivity (Wildman–Crippen MR) is 67.5 cm³/mol. The molecule has 3 rings (SSSR count). The molecule has 0 amide bonds. The first-order chi connectivity index (χ1) is 8.88. The summed E-state index contributed by atoms with van der Waals surface area (Å²) in [5.74, 6) is 0.408. The third-order valence-corrected chi connectivity index (χ3v) is 3.81. The van der Waals surface area contributed by atoms with E-state index in [0.29, 0.717) is 18.2 Å². The van der Waals surface area contributed by atoms with Crippen molar-refractivity contribution in [1.82, 2.24) is 9.38 Å². The normalized spacial score (nSPS) is 20.1. The molecule has 0 spiro atoms. The fraction of sp³-hybridized carbons (Fsp3) is 0.500. The van der Waals surface area contributed by atoms with Gasteiger partial charge in [-0.3, -0.25) is 9.20 Å². The number of nitrogens with zero attached hydrogens (tertiary/aromatic N) is 2. The number of aldehydes is 1. The van der Waals surface area contributed by atoms with Crippen LogP contribution >= 0.6 is 11.3 Å². The summed E-state index contributed by atoms with van der Waals surface area (Å²) in [4.78, 5) is 16.2. The van der Waals surface area contributed by atoms with Gasteiger partial charge in [-0.1, -0.05) is 0 Å². The second kappa shape index (κ2) is 5.07. The summed E-state index contributed by atoms with van der Waals surface area (Å²) in [7, 11) is 0. The maximum absolute atomic E-state index is 11.1. The quantitative estimate of drug-likeness (QED) is 0.796. The standard InChI is InChI=1S/C12H14N2O3S/c15-7-10-11(13-12-14(10)4-6-18-12)17-8-9-3-1-2-5-16-9/h4,6-7,9H,1-3,5,8H2. The van der Waals surface area contributed by atoms with E-state index < -0.39 is 0 Å². The van der Waals surface area contributed by atoms with E-state index in [0.717, 1.165) is 30.7 Å². The lowest BCUT2D eigenvalue weighted by Crippen LogP contribution is -2.26. The molecular formula is C12H14N2O3S. The highest BCUT2D eigenvalue weighted by molar-refractivity contribution is 7.15. The van der Waals surface area contributed by atoms with Crippen LogP contribution in [0.4, 0.5) is 0 Å². The number of ether oxygens (including phenoxy) is 2. The first kappa shape index (κ1) is 11.7. The van der Waals surface area contributed by atoms with Gasteiger partial charge in [-0.25, -0.2) is 0 Å². The zero-order valence-corrected chi connectivity index (χ0v) is 10.7. The summed E-state index contributed by atoms with van der Waals surface area (Å²) < 4.78 is 13.0. The highest BCUT2D eigenvalue weighted by Gasteiger charge is 2.18. The lowest BCUT2D eigenvalue weighted by molar-refractivity contribution is -0.0119. The molecule has 0 N–H and O–H groups in total. The van der Waals surface area contributed by atoms with Crippen LogP contribution in [0.2, 0.25) is 0 Å². The molecule has 2 aromatic rings. The summed E-state index contributed by atoms with van der Waals surface area (Å²) in [6.45, 7) is 1.26. The fourth-order valence-corrected chi connectivity index (χ4v) is 2.82. The van der Waals surface area contributed by atoms with Crippen molar-refractivity contribution in [3.8, 4) is 5.88 Å². The molecule has 0 radical (unpaired) electrons. The minimum absolute atomic E-state index is 0.123. The number of fused-ring (bicyclic) bond motifs is 1. The number of hydrogen-bond acceptors (Lipinski definition) is 5. The Bertz CT molecular complexity index is 543. The SMILES string of the molecule is O=Cc1c(OCC2CCCCO2)nc2sccn12. The van der Waals surface area contributed by atoms with Crippen LogP contribution in [-0.2, 0) is 4.74 Å². The lowest BCUT2D eigenvalue weighted by atomic mass is 10.1. The van der Waals surface area contributed by atoms with Crippen LogP contribution in [0.5, 0.6) is 5.88 Å². The highest BCUT2D eigenvalue weighted by atomic mass is 32.1. The summed E-state index contributed by atoms with van der Waals surface area (Å²) in [6.07, 6.45) is 6.03. The van der Waals surface area contributed by atoms with Crippen molar-refractivity contribution in [3.05, 3.63) is 17.3 Å². The molecule has 96 valence electrons. The molecule has 18 heavy (non-hydrogen) atoms. The number of aromatic nitrogens is 2. The van der Waals surface area contributed by atoms with Gasteiger partial charge in [0.25, 0.3) is 0 Å². The average molecular weight is 266 g/mol. The summed E-state index contributed by atoms with van der Waals surface area (Å²) in [5.41, 5.74) is 0.474. The van der Waals surface area contributed by atoms with E-state index in [2.05, 4.69) is 4.98 Å². The van der Waals surface area contributed by atoms with Gasteiger partial charge >= 0.3 is 0 Å². The molecule has 0 bridgehead atoms. The molecule has 0 saturated carbocycles. The molecule has 1 aliphatic rings. The van der Waals surface area contributed by atoms with Crippen molar-refractivity contribution < 1.29 is 14.3 Å². The van der Waals surface area contributed by atoms with Crippen molar-refractivity contribution in [2.75, 3.05) is 13.2 Å². The smallest absolute Gasteiger partial charge is 0.244 e. The molecule has 1 aliphatic heterocycles. The number of rotatable bonds is 4. The zero-order chi connectivity index (χ0) is 12.4. The van der Waals surface area contributed by atoms with E-state index in [1.807, 2.05) is 11.6 Å². The van der Waals surface area contributed by atoms with Crippen molar-refractivity contribution in [2.24, 2.45) is 0 Å². The Morgan fingerprint density at radius 2 is 2.56 bits per heavy atom. The zero-order valence-electron chi connectivity index (χ0n) is 9.87. The Morgan fingerprint density at radius 1 is 1.61 bits per heavy atom. The van der Waals surface area contributed by atoms with Crippen LogP contribution in [0.15, 0.2) is 11.6 Å². The fourth-order valence-electron chi connectivity index (χ4n) is 2.11. The van der Waals surface area contributed by atoms with Gasteiger partial charge in [0.1, 0.15) is 6.61 Å². The molecule has 0 aromatic carbocycles. The first-order valence-electron chi connectivity index (χ1n) is 6.03. The minimum atomic E-state index is 0.123. The topological polar surface area (TPSA) is 52.8 Å². The number of imidazole rings is 1. The maximum atomic E-state index is 11.1. The maximum Gasteiger partial charge on any atom is 0.244 e. The van der Waals surface area contributed by atoms with Crippen molar-refractivity contribution in [1.29, 1.82) is 0 Å². The molecule has 0 aliphatic carbocycles. The van der Waals surface area contributed by atoms with Crippen LogP contribution in [-0.4, -0.2) is 35.0 Å². The Morgan fingerprint density at radius 3 is 3.33 bits per heavy atom. The van der Waals surface area contributed by atoms with E-state index in [9.17, 15) is 4.79 Å². The summed E-state index contributed by atoms with van der Waals surface area (Å²) in [5, 5.41) is 1.89. The Kier molecular flexibility index (Phi) is 3.29. The average Bonchev–Trinajstić information content (AvgIpc) is 2.97. The molecule has 1 fully saturated rings. The minimum Gasteiger partial charge on any atom is -0.473 e. The molecule has 3 heterocycles. The second-order valence-electron chi connectivity index (χ2n) is 4.28. The van der Waals surface area contributed by atoms with Gasteiger partial charge in [-0.2, -0.15) is 4.98 Å². The van der Waals surface area contributed by atoms with E-state index in [1.54, 1.807) is 4.40 Å². The summed E-state index contributed by atoms with van der Waals surface area (Å²) >= 11 is 1.48. The molecule has 1 unspecified atom stereocenters. The van der Waals surface area contributed by atoms with E-state index >= 15 is 0 Å². The Balaban J connectivity index is 1.73. The van der Waals surface area contributed by atoms with Crippen LogP contribution < -0.4 is 4.74 Å². The van der Waals surface area contributed by atoms with Crippen LogP contribution in [0.25, 0.3) is 4.96 Å². The monoisotopic (exact) mass is 266 g/mol. The van der Waals surface area contributed by atoms with Gasteiger partial charge in [0.05, 0.1) is 6.10 Å². The first-order valence-corrected chi connectivity index (χ1v) is 6.91. The summed E-state index contributed by atoms with van der Waals surface area (Å²) in [6, 6.07) is 0. The van der Waals surface area contributed by atoms with Crippen LogP contribution in [0, 0.1) is 0 Å². The van der Waals surface area contributed by atoms with Crippen molar-refractivity contribution in [3.63, 3.8) is 0 Å². The number of thiazole rings is 1. The van der Waals surface area contributed by atoms with Gasteiger partial charge in [-0.05, 0) is 19.3 Å². The molecule has 6 heteroatoms. The van der Waals surface area contributed by atoms with Gasteiger partial charge in [0, 0.05) is 18.2 Å². The third-order valence-electron chi connectivity index (χ3n) is 3.06. The third kappa shape index (κ3) is 2.13. The van der Waals surface area contributed by atoms with Crippen molar-refractivity contribution in [2.45, 2.75) is 25.4 Å². The molecule has 1 atom stereocenters. The predicted octanol–water partition coefficient (Wildman–Crippen LogP) is 2.16. The van der Waals surface area contributed by atoms with E-state index in [4.69, 9.17) is 9.47 Å². The van der Waals surface area contributed by atoms with Gasteiger partial charge in [0.2, 0.25) is 5.88 Å². The van der Waals surface area contributed by atoms with Crippen LogP contribution in [0.3, 0.4) is 0 Å². The van der Waals surface area contributed by atoms with Gasteiger partial charge in [0.15, 0.2) is 16.9 Å². The number of hydrogen-bond donors (Lipinski definition) is 0. The van der Waals surface area contributed by atoms with Gasteiger partial charge < -0.3 is 9.47 Å². The van der Waals surface area contributed by atoms with Crippen molar-refractivity contribution >= 4 is 22.6 Å². The molecular weight excluding hydrogens is 252 g/mol. The van der Waals surface area contributed by atoms with Gasteiger partial charge in [-0.15, -0.1) is 11.3 Å². The van der Waals surface area contributed by atoms with E-state index in [-0.39, 0.29) is 6.10 Å². The Labute approximate surface area is 108 Å². The number of carbonyl (C=O) groups excluding carboxylic acids is 1. The van der Waals surface area contributed by atoms with Crippen LogP contribution in [0.1, 0.15) is 29.8 Å². The molecule has 1 saturated heterocycles. The van der Waals surface area contributed by atoms with E-state index in [1.165, 1.54) is 17.8 Å². The highest BCUT2D eigenvalue weighted by Crippen LogP contribution is 2.22. The largest absolute Gasteiger partial charge is 0.473 e. The molecule has 5 nitrogen and oxygen atoms in total. The lowest BCUT2D eigenvalue weighted by Gasteiger charge is -2.22. The molecule has 2 aromatic heterocycles.